The molecule has 1 aliphatic heterocycles. The number of aryl methyl sites for hydroxylation is 2. The second-order valence-electron chi connectivity index (χ2n) is 7.59. The topological polar surface area (TPSA) is 123 Å². The Morgan fingerprint density at radius 2 is 1.86 bits per heavy atom. The third kappa shape index (κ3) is 3.99. The molecule has 0 radical (unpaired) electrons. The number of ether oxygens (including phenoxy) is 2. The molecule has 7 nitrogen and oxygen atoms in total. The first-order valence-corrected chi connectivity index (χ1v) is 9.32. The van der Waals surface area contributed by atoms with E-state index < -0.39 is 36.8 Å². The number of nitrogens with zero attached hydrogens (tertiary/aromatic N) is 1. The fraction of sp³-hybridized carbons (Fsp3) is 0.409. The summed E-state index contributed by atoms with van der Waals surface area (Å²) in [6.45, 7) is 4.57. The maximum Gasteiger partial charge on any atom is 0.231 e. The molecule has 0 bridgehead atoms. The van der Waals surface area contributed by atoms with Gasteiger partial charge in [0.15, 0.2) is 5.60 Å². The van der Waals surface area contributed by atoms with Gasteiger partial charge in [-0.3, -0.25) is 0 Å². The van der Waals surface area contributed by atoms with Gasteiger partial charge in [-0.2, -0.15) is 5.26 Å². The van der Waals surface area contributed by atoms with Gasteiger partial charge in [-0.15, -0.1) is 0 Å². The molecule has 1 saturated heterocycles. The summed E-state index contributed by atoms with van der Waals surface area (Å²) in [6.07, 6.45) is -5.35. The summed E-state index contributed by atoms with van der Waals surface area (Å²) in [4.78, 5) is 0. The molecule has 0 aromatic heterocycles. The molecule has 1 fully saturated rings. The van der Waals surface area contributed by atoms with Crippen molar-refractivity contribution in [2.75, 3.05) is 6.61 Å². The Morgan fingerprint density at radius 3 is 2.48 bits per heavy atom. The smallest absolute Gasteiger partial charge is 0.231 e. The van der Waals surface area contributed by atoms with Crippen molar-refractivity contribution in [2.45, 2.75) is 51.0 Å². The lowest BCUT2D eigenvalue weighted by molar-refractivity contribution is -0.314. The van der Waals surface area contributed by atoms with Gasteiger partial charge in [-0.05, 0) is 67.3 Å². The Bertz CT molecular complexity index is 935. The monoisotopic (exact) mass is 399 g/mol. The van der Waals surface area contributed by atoms with Gasteiger partial charge >= 0.3 is 0 Å². The Morgan fingerprint density at radius 1 is 1.14 bits per heavy atom. The molecule has 0 saturated carbocycles. The number of hydrogen-bond donors (Lipinski definition) is 4. The normalized spacial score (nSPS) is 29.3. The second kappa shape index (κ2) is 8.11. The Balaban J connectivity index is 1.89. The van der Waals surface area contributed by atoms with Crippen LogP contribution >= 0.6 is 0 Å². The van der Waals surface area contributed by atoms with E-state index in [0.717, 1.165) is 22.3 Å². The first kappa shape index (κ1) is 21.2. The summed E-state index contributed by atoms with van der Waals surface area (Å²) < 4.78 is 11.3. The molecule has 1 aliphatic rings. The zero-order valence-corrected chi connectivity index (χ0v) is 16.5. The van der Waals surface area contributed by atoms with E-state index in [2.05, 4.69) is 6.07 Å². The summed E-state index contributed by atoms with van der Waals surface area (Å²) in [7, 11) is 0. The minimum Gasteiger partial charge on any atom is -0.461 e. The van der Waals surface area contributed by atoms with Gasteiger partial charge in [0.1, 0.15) is 24.1 Å². The molecule has 0 spiro atoms. The lowest BCUT2D eigenvalue weighted by Gasteiger charge is -2.45. The Labute approximate surface area is 169 Å². The van der Waals surface area contributed by atoms with E-state index in [1.165, 1.54) is 6.92 Å². The summed E-state index contributed by atoms with van der Waals surface area (Å²) in [5.41, 5.74) is 2.30. The van der Waals surface area contributed by atoms with Gasteiger partial charge in [0, 0.05) is 0 Å². The highest BCUT2D eigenvalue weighted by molar-refractivity contribution is 5.70. The van der Waals surface area contributed by atoms with Gasteiger partial charge in [0.25, 0.3) is 0 Å². The van der Waals surface area contributed by atoms with E-state index in [0.29, 0.717) is 11.3 Å². The van der Waals surface area contributed by atoms with Gasteiger partial charge in [0.2, 0.25) is 6.29 Å². The van der Waals surface area contributed by atoms with Crippen LogP contribution in [-0.2, 0) is 4.74 Å². The molecule has 2 aromatic carbocycles. The standard InChI is InChI=1S/C22H25NO6/c1-12-4-5-14(10-23)9-16(12)15-6-7-17(13(2)8-15)28-21-22(3,27)20(26)19(25)18(11-24)29-21/h4-9,18-21,24-27H,11H2,1-3H3/t18?,19-,20?,21+,22+/m1/s1. The molecule has 7 heteroatoms. The van der Waals surface area contributed by atoms with Crippen LogP contribution in [0, 0.1) is 25.2 Å². The van der Waals surface area contributed by atoms with Crippen LogP contribution in [0.2, 0.25) is 0 Å². The van der Waals surface area contributed by atoms with Crippen LogP contribution < -0.4 is 4.74 Å². The maximum atomic E-state index is 10.6. The number of hydrogen-bond acceptors (Lipinski definition) is 7. The number of aliphatic hydroxyl groups excluding tert-OH is 3. The van der Waals surface area contributed by atoms with Gasteiger partial charge in [-0.1, -0.05) is 12.1 Å². The molecule has 29 heavy (non-hydrogen) atoms. The Kier molecular flexibility index (Phi) is 5.94. The van der Waals surface area contributed by atoms with E-state index in [1.54, 1.807) is 12.1 Å². The Hall–Kier alpha value is -2.47. The molecular weight excluding hydrogens is 374 g/mol. The summed E-state index contributed by atoms with van der Waals surface area (Å²) in [6, 6.07) is 13.1. The average Bonchev–Trinajstić information content (AvgIpc) is 2.70. The van der Waals surface area contributed by atoms with E-state index in [4.69, 9.17) is 14.7 Å². The quantitative estimate of drug-likeness (QED) is 0.613. The van der Waals surface area contributed by atoms with E-state index >= 15 is 0 Å². The summed E-state index contributed by atoms with van der Waals surface area (Å²) in [5.74, 6) is 0.424. The average molecular weight is 399 g/mol. The summed E-state index contributed by atoms with van der Waals surface area (Å²) >= 11 is 0. The van der Waals surface area contributed by atoms with Crippen LogP contribution in [0.3, 0.4) is 0 Å². The van der Waals surface area contributed by atoms with Crippen molar-refractivity contribution in [3.8, 4) is 22.9 Å². The molecule has 154 valence electrons. The minimum atomic E-state index is -1.88. The fourth-order valence-corrected chi connectivity index (χ4v) is 3.43. The number of benzene rings is 2. The number of rotatable bonds is 4. The number of nitriles is 1. The van der Waals surface area contributed by atoms with Crippen LogP contribution in [0.25, 0.3) is 11.1 Å². The van der Waals surface area contributed by atoms with E-state index in [9.17, 15) is 20.4 Å². The van der Waals surface area contributed by atoms with E-state index in [-0.39, 0.29) is 0 Å². The first-order chi connectivity index (χ1) is 13.7. The molecule has 0 amide bonds. The zero-order chi connectivity index (χ0) is 21.3. The molecule has 0 aliphatic carbocycles. The van der Waals surface area contributed by atoms with Crippen molar-refractivity contribution in [1.29, 1.82) is 5.26 Å². The van der Waals surface area contributed by atoms with Crippen LogP contribution in [0.5, 0.6) is 5.75 Å². The predicted molar refractivity (Wildman–Crippen MR) is 105 cm³/mol. The van der Waals surface area contributed by atoms with Crippen LogP contribution in [0.1, 0.15) is 23.6 Å². The second-order valence-corrected chi connectivity index (χ2v) is 7.59. The zero-order valence-electron chi connectivity index (χ0n) is 16.5. The molecule has 2 unspecified atom stereocenters. The van der Waals surface area contributed by atoms with Crippen molar-refractivity contribution >= 4 is 0 Å². The highest BCUT2D eigenvalue weighted by Gasteiger charge is 2.53. The molecule has 3 rings (SSSR count). The van der Waals surface area contributed by atoms with Crippen LogP contribution in [0.4, 0.5) is 0 Å². The van der Waals surface area contributed by atoms with Crippen molar-refractivity contribution in [3.63, 3.8) is 0 Å². The van der Waals surface area contributed by atoms with E-state index in [1.807, 2.05) is 38.1 Å². The lowest BCUT2D eigenvalue weighted by atomic mass is 9.88. The summed E-state index contributed by atoms with van der Waals surface area (Å²) in [5, 5.41) is 49.3. The van der Waals surface area contributed by atoms with Gasteiger partial charge in [-0.25, -0.2) is 0 Å². The fourth-order valence-electron chi connectivity index (χ4n) is 3.43. The molecule has 1 heterocycles. The predicted octanol–water partition coefficient (Wildman–Crippen LogP) is 1.41. The third-order valence-corrected chi connectivity index (χ3v) is 5.35. The molecule has 5 atom stereocenters. The molecule has 4 N–H and O–H groups in total. The SMILES string of the molecule is Cc1cc(-c2cc(C#N)ccc2C)ccc1O[C@H]1OC(CO)[C@@H](O)C(O)[C@]1(C)O. The van der Waals surface area contributed by atoms with Crippen molar-refractivity contribution < 1.29 is 29.9 Å². The van der Waals surface area contributed by atoms with Crippen molar-refractivity contribution in [3.05, 3.63) is 53.1 Å². The molecular formula is C22H25NO6. The molecule has 2 aromatic rings. The minimum absolute atomic E-state index is 0.424. The van der Waals surface area contributed by atoms with Crippen molar-refractivity contribution in [2.24, 2.45) is 0 Å². The highest BCUT2D eigenvalue weighted by atomic mass is 16.7. The first-order valence-electron chi connectivity index (χ1n) is 9.32. The third-order valence-electron chi connectivity index (χ3n) is 5.35. The van der Waals surface area contributed by atoms with Crippen LogP contribution in [-0.4, -0.2) is 57.2 Å². The van der Waals surface area contributed by atoms with Gasteiger partial charge in [0.05, 0.1) is 18.2 Å². The number of aliphatic hydroxyl groups is 4. The maximum absolute atomic E-state index is 10.6. The van der Waals surface area contributed by atoms with Crippen LogP contribution in [0.15, 0.2) is 36.4 Å². The lowest BCUT2D eigenvalue weighted by Crippen LogP contribution is -2.66. The van der Waals surface area contributed by atoms with Crippen molar-refractivity contribution in [1.82, 2.24) is 0 Å². The largest absolute Gasteiger partial charge is 0.461 e. The van der Waals surface area contributed by atoms with Gasteiger partial charge < -0.3 is 29.9 Å². The highest BCUT2D eigenvalue weighted by Crippen LogP contribution is 2.34.